The van der Waals surface area contributed by atoms with Gasteiger partial charge in [-0.3, -0.25) is 4.79 Å². The lowest BCUT2D eigenvalue weighted by Crippen LogP contribution is -2.43. The van der Waals surface area contributed by atoms with E-state index in [9.17, 15) is 4.79 Å². The van der Waals surface area contributed by atoms with Crippen LogP contribution in [0.3, 0.4) is 0 Å². The maximum Gasteiger partial charge on any atom is 0.236 e. The molecule has 0 fully saturated rings. The van der Waals surface area contributed by atoms with Crippen LogP contribution in [0.15, 0.2) is 0 Å². The van der Waals surface area contributed by atoms with E-state index >= 15 is 0 Å². The summed E-state index contributed by atoms with van der Waals surface area (Å²) in [6, 6.07) is 0.0273. The minimum absolute atomic E-state index is 0.0273. The fourth-order valence-electron chi connectivity index (χ4n) is 1.71. The average Bonchev–Trinajstić information content (AvgIpc) is 2.25. The number of carbonyl (C=O) groups is 1. The van der Waals surface area contributed by atoms with Crippen LogP contribution < -0.4 is 5.32 Å². The molecule has 0 spiro atoms. The van der Waals surface area contributed by atoms with Crippen molar-refractivity contribution in [3.8, 4) is 0 Å². The molecule has 1 atom stereocenters. The van der Waals surface area contributed by atoms with E-state index in [1.54, 1.807) is 4.90 Å². The Labute approximate surface area is 99.0 Å². The van der Waals surface area contributed by atoms with Crippen LogP contribution in [0.1, 0.15) is 34.1 Å². The standard InChI is InChI=1S/C12H26N2O2/c1-5-14(6-2)12(16)8-13-11(9-15)7-10(3)4/h10-11,13,15H,5-9H2,1-4H3. The van der Waals surface area contributed by atoms with E-state index in [0.29, 0.717) is 12.5 Å². The number of aliphatic hydroxyl groups is 1. The Bertz CT molecular complexity index is 191. The largest absolute Gasteiger partial charge is 0.395 e. The van der Waals surface area contributed by atoms with Crippen molar-refractivity contribution in [2.75, 3.05) is 26.2 Å². The summed E-state index contributed by atoms with van der Waals surface area (Å²) >= 11 is 0. The van der Waals surface area contributed by atoms with Crippen molar-refractivity contribution in [2.24, 2.45) is 5.92 Å². The highest BCUT2D eigenvalue weighted by Crippen LogP contribution is 2.03. The van der Waals surface area contributed by atoms with Gasteiger partial charge in [-0.2, -0.15) is 0 Å². The molecule has 16 heavy (non-hydrogen) atoms. The van der Waals surface area contributed by atoms with Gasteiger partial charge in [0.15, 0.2) is 0 Å². The third-order valence-electron chi connectivity index (χ3n) is 2.63. The van der Waals surface area contributed by atoms with E-state index in [1.165, 1.54) is 0 Å². The number of rotatable bonds is 8. The lowest BCUT2D eigenvalue weighted by atomic mass is 10.0. The molecule has 0 aliphatic carbocycles. The summed E-state index contributed by atoms with van der Waals surface area (Å²) < 4.78 is 0. The van der Waals surface area contributed by atoms with Gasteiger partial charge in [-0.15, -0.1) is 0 Å². The second kappa shape index (κ2) is 8.53. The summed E-state index contributed by atoms with van der Waals surface area (Å²) in [4.78, 5) is 13.5. The number of hydrogen-bond acceptors (Lipinski definition) is 3. The first-order chi connectivity index (χ1) is 7.54. The van der Waals surface area contributed by atoms with Crippen molar-refractivity contribution in [1.82, 2.24) is 10.2 Å². The van der Waals surface area contributed by atoms with Gasteiger partial charge in [-0.1, -0.05) is 13.8 Å². The average molecular weight is 230 g/mol. The first kappa shape index (κ1) is 15.4. The molecule has 0 saturated carbocycles. The number of hydrogen-bond donors (Lipinski definition) is 2. The van der Waals surface area contributed by atoms with Gasteiger partial charge in [0.1, 0.15) is 0 Å². The number of aliphatic hydroxyl groups excluding tert-OH is 1. The monoisotopic (exact) mass is 230 g/mol. The van der Waals surface area contributed by atoms with E-state index in [2.05, 4.69) is 19.2 Å². The molecule has 0 radical (unpaired) electrons. The summed E-state index contributed by atoms with van der Waals surface area (Å²) in [6.07, 6.45) is 0.891. The molecule has 0 aromatic heterocycles. The Morgan fingerprint density at radius 1 is 1.31 bits per heavy atom. The SMILES string of the molecule is CCN(CC)C(=O)CNC(CO)CC(C)C. The molecule has 0 aromatic rings. The first-order valence-corrected chi connectivity index (χ1v) is 6.17. The quantitative estimate of drug-likeness (QED) is 0.650. The number of carbonyl (C=O) groups excluding carboxylic acids is 1. The predicted octanol–water partition coefficient (Wildman–Crippen LogP) is 0.851. The second-order valence-corrected chi connectivity index (χ2v) is 4.46. The van der Waals surface area contributed by atoms with E-state index in [1.807, 2.05) is 13.8 Å². The van der Waals surface area contributed by atoms with Crippen LogP contribution >= 0.6 is 0 Å². The fourth-order valence-corrected chi connectivity index (χ4v) is 1.71. The van der Waals surface area contributed by atoms with Crippen LogP contribution in [-0.2, 0) is 4.79 Å². The van der Waals surface area contributed by atoms with Crippen molar-refractivity contribution < 1.29 is 9.90 Å². The van der Waals surface area contributed by atoms with Gasteiger partial charge in [0.05, 0.1) is 13.2 Å². The van der Waals surface area contributed by atoms with E-state index in [0.717, 1.165) is 19.5 Å². The number of likely N-dealkylation sites (N-methyl/N-ethyl adjacent to an activating group) is 1. The summed E-state index contributed by atoms with van der Waals surface area (Å²) in [5, 5.41) is 12.3. The van der Waals surface area contributed by atoms with Crippen LogP contribution in [0.5, 0.6) is 0 Å². The minimum atomic E-state index is 0.0273. The Balaban J connectivity index is 3.96. The predicted molar refractivity (Wildman–Crippen MR) is 66.3 cm³/mol. The van der Waals surface area contributed by atoms with Crippen LogP contribution in [-0.4, -0.2) is 48.2 Å². The molecule has 0 aromatic carbocycles. The van der Waals surface area contributed by atoms with Crippen LogP contribution in [0.25, 0.3) is 0 Å². The molecule has 4 nitrogen and oxygen atoms in total. The normalized spacial score (nSPS) is 12.9. The molecule has 4 heteroatoms. The Morgan fingerprint density at radius 2 is 1.88 bits per heavy atom. The molecule has 2 N–H and O–H groups in total. The van der Waals surface area contributed by atoms with Gasteiger partial charge in [0, 0.05) is 19.1 Å². The second-order valence-electron chi connectivity index (χ2n) is 4.46. The molecule has 0 bridgehead atoms. The summed E-state index contributed by atoms with van der Waals surface area (Å²) in [7, 11) is 0. The zero-order chi connectivity index (χ0) is 12.6. The minimum Gasteiger partial charge on any atom is -0.395 e. The molecular weight excluding hydrogens is 204 g/mol. The van der Waals surface area contributed by atoms with Crippen LogP contribution in [0.2, 0.25) is 0 Å². The molecule has 0 aliphatic heterocycles. The molecule has 96 valence electrons. The van der Waals surface area contributed by atoms with Gasteiger partial charge >= 0.3 is 0 Å². The number of amides is 1. The summed E-state index contributed by atoms with van der Waals surface area (Å²) in [5.41, 5.74) is 0. The van der Waals surface area contributed by atoms with Crippen molar-refractivity contribution in [3.63, 3.8) is 0 Å². The summed E-state index contributed by atoms with van der Waals surface area (Å²) in [6.45, 7) is 10.0. The van der Waals surface area contributed by atoms with Crippen molar-refractivity contribution in [1.29, 1.82) is 0 Å². The molecule has 0 rings (SSSR count). The highest BCUT2D eigenvalue weighted by molar-refractivity contribution is 5.78. The summed E-state index contributed by atoms with van der Waals surface area (Å²) in [5.74, 6) is 0.625. The molecule has 1 unspecified atom stereocenters. The Kier molecular flexibility index (Phi) is 8.21. The molecular formula is C12H26N2O2. The molecule has 1 amide bonds. The third-order valence-corrected chi connectivity index (χ3v) is 2.63. The number of nitrogens with one attached hydrogen (secondary N) is 1. The van der Waals surface area contributed by atoms with Crippen molar-refractivity contribution >= 4 is 5.91 Å². The molecule has 0 aliphatic rings. The lowest BCUT2D eigenvalue weighted by Gasteiger charge is -2.22. The Hall–Kier alpha value is -0.610. The maximum atomic E-state index is 11.7. The Morgan fingerprint density at radius 3 is 2.25 bits per heavy atom. The van der Waals surface area contributed by atoms with Gasteiger partial charge in [0.2, 0.25) is 5.91 Å². The third kappa shape index (κ3) is 6.08. The molecule has 0 saturated heterocycles. The highest BCUT2D eigenvalue weighted by Gasteiger charge is 2.13. The maximum absolute atomic E-state index is 11.7. The van der Waals surface area contributed by atoms with Crippen LogP contribution in [0, 0.1) is 5.92 Å². The number of nitrogens with zero attached hydrogens (tertiary/aromatic N) is 1. The topological polar surface area (TPSA) is 52.6 Å². The fraction of sp³-hybridized carbons (Fsp3) is 0.917. The van der Waals surface area contributed by atoms with E-state index in [-0.39, 0.29) is 18.6 Å². The van der Waals surface area contributed by atoms with Crippen molar-refractivity contribution in [3.05, 3.63) is 0 Å². The van der Waals surface area contributed by atoms with Crippen LogP contribution in [0.4, 0.5) is 0 Å². The smallest absolute Gasteiger partial charge is 0.236 e. The lowest BCUT2D eigenvalue weighted by molar-refractivity contribution is -0.130. The highest BCUT2D eigenvalue weighted by atomic mass is 16.3. The van der Waals surface area contributed by atoms with Gasteiger partial charge in [0.25, 0.3) is 0 Å². The van der Waals surface area contributed by atoms with E-state index < -0.39 is 0 Å². The molecule has 0 heterocycles. The zero-order valence-corrected chi connectivity index (χ0v) is 11.0. The zero-order valence-electron chi connectivity index (χ0n) is 11.0. The van der Waals surface area contributed by atoms with Gasteiger partial charge in [-0.05, 0) is 26.2 Å². The first-order valence-electron chi connectivity index (χ1n) is 6.17. The van der Waals surface area contributed by atoms with Gasteiger partial charge < -0.3 is 15.3 Å². The van der Waals surface area contributed by atoms with E-state index in [4.69, 9.17) is 5.11 Å². The van der Waals surface area contributed by atoms with Gasteiger partial charge in [-0.25, -0.2) is 0 Å². The van der Waals surface area contributed by atoms with Crippen molar-refractivity contribution in [2.45, 2.75) is 40.2 Å².